The molecule has 0 spiro atoms. The minimum atomic E-state index is -4.46. The zero-order valence-electron chi connectivity index (χ0n) is 18.9. The van der Waals surface area contributed by atoms with Gasteiger partial charge >= 0.3 is 6.18 Å². The maximum absolute atomic E-state index is 13.2. The number of hydrogen-bond donors (Lipinski definition) is 2. The first-order valence-corrected chi connectivity index (χ1v) is 11.5. The van der Waals surface area contributed by atoms with Crippen LogP contribution in [0.5, 0.6) is 0 Å². The van der Waals surface area contributed by atoms with E-state index in [4.69, 9.17) is 0 Å². The third kappa shape index (κ3) is 6.22. The number of aryl methyl sites for hydroxylation is 2. The van der Waals surface area contributed by atoms with Gasteiger partial charge in [-0.05, 0) is 61.6 Å². The first-order chi connectivity index (χ1) is 16.7. The highest BCUT2D eigenvalue weighted by Crippen LogP contribution is 2.32. The standard InChI is InChI=1S/C26H25F4N3O2/c27-19-9-10-20(31-15-19)11-12-22-21(16-5-7-18(8-6-16)26(28,29)30)13-17(14-32-22)25(35)33-23-3-1-2-4-24(23)34/h5-10,13-15,23-24,34H,1-4,11-12H2,(H,33,35)/t23-,24-/m1/s1. The minimum absolute atomic E-state index is 0.251. The summed E-state index contributed by atoms with van der Waals surface area (Å²) in [5.41, 5.74) is 1.70. The predicted molar refractivity (Wildman–Crippen MR) is 122 cm³/mol. The van der Waals surface area contributed by atoms with Crippen LogP contribution in [0.15, 0.2) is 54.9 Å². The Kier molecular flexibility index (Phi) is 7.45. The van der Waals surface area contributed by atoms with Crippen LogP contribution in [-0.2, 0) is 19.0 Å². The van der Waals surface area contributed by atoms with Gasteiger partial charge in [-0.1, -0.05) is 25.0 Å². The van der Waals surface area contributed by atoms with Crippen molar-refractivity contribution in [2.45, 2.75) is 56.8 Å². The van der Waals surface area contributed by atoms with Crippen LogP contribution in [0.25, 0.3) is 11.1 Å². The topological polar surface area (TPSA) is 75.1 Å². The summed E-state index contributed by atoms with van der Waals surface area (Å²) in [4.78, 5) is 21.4. The molecule has 35 heavy (non-hydrogen) atoms. The summed E-state index contributed by atoms with van der Waals surface area (Å²) in [7, 11) is 0. The number of carbonyl (C=O) groups is 1. The lowest BCUT2D eigenvalue weighted by atomic mass is 9.92. The number of pyridine rings is 2. The Bertz CT molecular complexity index is 1160. The smallest absolute Gasteiger partial charge is 0.391 e. The van der Waals surface area contributed by atoms with Crippen molar-refractivity contribution in [1.82, 2.24) is 15.3 Å². The molecule has 9 heteroatoms. The van der Waals surface area contributed by atoms with Crippen LogP contribution in [0, 0.1) is 5.82 Å². The van der Waals surface area contributed by atoms with Crippen molar-refractivity contribution in [3.05, 3.63) is 83.2 Å². The van der Waals surface area contributed by atoms with Crippen molar-refractivity contribution < 1.29 is 27.5 Å². The summed E-state index contributed by atoms with van der Waals surface area (Å²) in [6, 6.07) is 8.81. The van der Waals surface area contributed by atoms with Gasteiger partial charge < -0.3 is 10.4 Å². The molecule has 0 radical (unpaired) electrons. The molecule has 4 rings (SSSR count). The quantitative estimate of drug-likeness (QED) is 0.474. The maximum Gasteiger partial charge on any atom is 0.416 e. The largest absolute Gasteiger partial charge is 0.416 e. The summed E-state index contributed by atoms with van der Waals surface area (Å²) in [6.45, 7) is 0. The van der Waals surface area contributed by atoms with Gasteiger partial charge in [0, 0.05) is 23.1 Å². The molecule has 1 saturated carbocycles. The van der Waals surface area contributed by atoms with Crippen LogP contribution < -0.4 is 5.32 Å². The fraction of sp³-hybridized carbons (Fsp3) is 0.346. The number of rotatable bonds is 6. The fourth-order valence-corrected chi connectivity index (χ4v) is 4.24. The number of aromatic nitrogens is 2. The van der Waals surface area contributed by atoms with Crippen molar-refractivity contribution >= 4 is 5.91 Å². The van der Waals surface area contributed by atoms with Gasteiger partial charge in [0.2, 0.25) is 0 Å². The van der Waals surface area contributed by atoms with Crippen LogP contribution >= 0.6 is 0 Å². The molecule has 1 amide bonds. The highest BCUT2D eigenvalue weighted by atomic mass is 19.4. The van der Waals surface area contributed by atoms with Gasteiger partial charge in [-0.15, -0.1) is 0 Å². The molecule has 184 valence electrons. The Morgan fingerprint density at radius 1 is 1.00 bits per heavy atom. The number of nitrogens with one attached hydrogen (secondary N) is 1. The normalized spacial score (nSPS) is 18.3. The van der Waals surface area contributed by atoms with E-state index in [1.807, 2.05) is 0 Å². The highest BCUT2D eigenvalue weighted by molar-refractivity contribution is 5.95. The minimum Gasteiger partial charge on any atom is -0.391 e. The first-order valence-electron chi connectivity index (χ1n) is 11.5. The number of aliphatic hydroxyl groups excluding tert-OH is 1. The second kappa shape index (κ2) is 10.5. The van der Waals surface area contributed by atoms with Gasteiger partial charge in [0.05, 0.1) is 29.5 Å². The van der Waals surface area contributed by atoms with Crippen molar-refractivity contribution in [2.24, 2.45) is 0 Å². The van der Waals surface area contributed by atoms with Gasteiger partial charge in [-0.2, -0.15) is 13.2 Å². The lowest BCUT2D eigenvalue weighted by molar-refractivity contribution is -0.137. The van der Waals surface area contributed by atoms with E-state index in [9.17, 15) is 27.5 Å². The number of carbonyl (C=O) groups excluding carboxylic acids is 1. The molecule has 5 nitrogen and oxygen atoms in total. The van der Waals surface area contributed by atoms with Crippen molar-refractivity contribution in [2.75, 3.05) is 0 Å². The van der Waals surface area contributed by atoms with Crippen molar-refractivity contribution in [1.29, 1.82) is 0 Å². The third-order valence-electron chi connectivity index (χ3n) is 6.21. The molecular weight excluding hydrogens is 462 g/mol. The Morgan fingerprint density at radius 3 is 2.40 bits per heavy atom. The molecule has 2 atom stereocenters. The van der Waals surface area contributed by atoms with E-state index in [1.165, 1.54) is 24.4 Å². The van der Waals surface area contributed by atoms with Crippen LogP contribution in [0.3, 0.4) is 0 Å². The number of benzene rings is 1. The van der Waals surface area contributed by atoms with Gasteiger partial charge in [0.25, 0.3) is 5.91 Å². The van der Waals surface area contributed by atoms with E-state index in [0.717, 1.165) is 31.2 Å². The monoisotopic (exact) mass is 487 g/mol. The van der Waals surface area contributed by atoms with Crippen LogP contribution in [-0.4, -0.2) is 33.1 Å². The second-order valence-electron chi connectivity index (χ2n) is 8.69. The summed E-state index contributed by atoms with van der Waals surface area (Å²) in [6.07, 6.45) is 1.40. The van der Waals surface area contributed by atoms with Crippen LogP contribution in [0.2, 0.25) is 0 Å². The lowest BCUT2D eigenvalue weighted by Crippen LogP contribution is -2.45. The van der Waals surface area contributed by atoms with Crippen molar-refractivity contribution in [3.8, 4) is 11.1 Å². The maximum atomic E-state index is 13.2. The number of amides is 1. The van der Waals surface area contributed by atoms with E-state index in [1.54, 1.807) is 12.1 Å². The zero-order chi connectivity index (χ0) is 25.0. The molecular formula is C26H25F4N3O2. The zero-order valence-corrected chi connectivity index (χ0v) is 18.9. The van der Waals surface area contributed by atoms with Gasteiger partial charge in [0.15, 0.2) is 0 Å². The van der Waals surface area contributed by atoms with Crippen molar-refractivity contribution in [3.63, 3.8) is 0 Å². The van der Waals surface area contributed by atoms with E-state index in [2.05, 4.69) is 15.3 Å². The molecule has 3 aromatic rings. The molecule has 2 N–H and O–H groups in total. The average Bonchev–Trinajstić information content (AvgIpc) is 2.84. The number of hydrogen-bond acceptors (Lipinski definition) is 4. The second-order valence-corrected chi connectivity index (χ2v) is 8.69. The molecule has 1 aliphatic carbocycles. The molecule has 0 bridgehead atoms. The highest BCUT2D eigenvalue weighted by Gasteiger charge is 2.30. The Balaban J connectivity index is 1.62. The average molecular weight is 487 g/mol. The number of halogens is 4. The first kappa shape index (κ1) is 24.8. The Hall–Kier alpha value is -3.33. The van der Waals surface area contributed by atoms with E-state index in [0.29, 0.717) is 48.2 Å². The summed E-state index contributed by atoms with van der Waals surface area (Å²) in [5, 5.41) is 13.0. The summed E-state index contributed by atoms with van der Waals surface area (Å²) in [5.74, 6) is -0.848. The number of alkyl halides is 3. The molecule has 1 aliphatic rings. The molecule has 0 aliphatic heterocycles. The number of aliphatic hydroxyl groups is 1. The molecule has 1 fully saturated rings. The summed E-state index contributed by atoms with van der Waals surface area (Å²) < 4.78 is 52.3. The van der Waals surface area contributed by atoms with Gasteiger partial charge in [-0.25, -0.2) is 4.39 Å². The molecule has 2 aromatic heterocycles. The SMILES string of the molecule is O=C(N[C@@H]1CCCC[C@H]1O)c1cnc(CCc2ccc(F)cn2)c(-c2ccc(C(F)(F)F)cc2)c1. The predicted octanol–water partition coefficient (Wildman–Crippen LogP) is 5.12. The molecule has 0 saturated heterocycles. The third-order valence-corrected chi connectivity index (χ3v) is 6.21. The van der Waals surface area contributed by atoms with Gasteiger partial charge in [0.1, 0.15) is 5.82 Å². The van der Waals surface area contributed by atoms with Crippen LogP contribution in [0.1, 0.15) is 53.0 Å². The molecule has 0 unspecified atom stereocenters. The van der Waals surface area contributed by atoms with Gasteiger partial charge in [-0.3, -0.25) is 14.8 Å². The molecule has 2 heterocycles. The van der Waals surface area contributed by atoms with E-state index in [-0.39, 0.29) is 11.6 Å². The van der Waals surface area contributed by atoms with Crippen LogP contribution in [0.4, 0.5) is 17.6 Å². The fourth-order valence-electron chi connectivity index (χ4n) is 4.24. The van der Waals surface area contributed by atoms with E-state index >= 15 is 0 Å². The number of nitrogens with zero attached hydrogens (tertiary/aromatic N) is 2. The summed E-state index contributed by atoms with van der Waals surface area (Å²) >= 11 is 0. The lowest BCUT2D eigenvalue weighted by Gasteiger charge is -2.28. The Labute approximate surface area is 200 Å². The Morgan fingerprint density at radius 2 is 1.74 bits per heavy atom. The molecule has 1 aromatic carbocycles. The van der Waals surface area contributed by atoms with E-state index < -0.39 is 29.6 Å².